The van der Waals surface area contributed by atoms with Crippen LogP contribution in [0.3, 0.4) is 0 Å². The molecule has 0 aliphatic heterocycles. The predicted molar refractivity (Wildman–Crippen MR) is 93.3 cm³/mol. The zero-order chi connectivity index (χ0) is 17.3. The van der Waals surface area contributed by atoms with Crippen LogP contribution in [0.2, 0.25) is 0 Å². The Hall–Kier alpha value is -2.88. The summed E-state index contributed by atoms with van der Waals surface area (Å²) in [7, 11) is 0. The molecular formula is C20H18O4. The molecule has 1 heterocycles. The Morgan fingerprint density at radius 1 is 1.04 bits per heavy atom. The second-order valence-corrected chi connectivity index (χ2v) is 5.78. The van der Waals surface area contributed by atoms with E-state index in [1.807, 2.05) is 44.2 Å². The van der Waals surface area contributed by atoms with Crippen molar-refractivity contribution >= 4 is 16.9 Å². The Kier molecular flexibility index (Phi) is 4.21. The molecule has 2 aromatic carbocycles. The van der Waals surface area contributed by atoms with Crippen LogP contribution in [0.5, 0.6) is 5.75 Å². The molecule has 0 aliphatic rings. The molecule has 3 rings (SSSR count). The molecule has 0 saturated heterocycles. The van der Waals surface area contributed by atoms with Crippen molar-refractivity contribution in [3.8, 4) is 17.1 Å². The number of fused-ring (bicyclic) bond motifs is 1. The van der Waals surface area contributed by atoms with Crippen molar-refractivity contribution in [3.05, 3.63) is 63.8 Å². The normalized spacial score (nSPS) is 10.8. The molecule has 0 unspecified atom stereocenters. The van der Waals surface area contributed by atoms with Crippen molar-refractivity contribution in [1.29, 1.82) is 0 Å². The SMILES string of the molecule is CCC(=O)Oc1c(-c2ccc(C)cc2)oc2cc(C)ccc2c1=O. The van der Waals surface area contributed by atoms with Gasteiger partial charge in [-0.1, -0.05) is 42.8 Å². The molecule has 0 atom stereocenters. The molecule has 0 bridgehead atoms. The smallest absolute Gasteiger partial charge is 0.311 e. The van der Waals surface area contributed by atoms with E-state index in [1.165, 1.54) is 0 Å². The van der Waals surface area contributed by atoms with Crippen molar-refractivity contribution in [2.24, 2.45) is 0 Å². The Labute approximate surface area is 139 Å². The first-order chi connectivity index (χ1) is 11.5. The number of carbonyl (C=O) groups is 1. The first-order valence-corrected chi connectivity index (χ1v) is 7.84. The van der Waals surface area contributed by atoms with Crippen LogP contribution in [0.25, 0.3) is 22.3 Å². The molecule has 0 spiro atoms. The number of benzene rings is 2. The van der Waals surface area contributed by atoms with E-state index in [9.17, 15) is 9.59 Å². The van der Waals surface area contributed by atoms with Crippen LogP contribution in [0.1, 0.15) is 24.5 Å². The highest BCUT2D eigenvalue weighted by Gasteiger charge is 2.20. The molecule has 24 heavy (non-hydrogen) atoms. The van der Waals surface area contributed by atoms with Crippen LogP contribution in [0.4, 0.5) is 0 Å². The number of hydrogen-bond donors (Lipinski definition) is 0. The minimum Gasteiger partial charge on any atom is -0.452 e. The summed E-state index contributed by atoms with van der Waals surface area (Å²) in [5.41, 5.74) is 2.91. The summed E-state index contributed by atoms with van der Waals surface area (Å²) < 4.78 is 11.3. The zero-order valence-electron chi connectivity index (χ0n) is 13.9. The molecule has 0 radical (unpaired) electrons. The minimum absolute atomic E-state index is 0.0537. The lowest BCUT2D eigenvalue weighted by molar-refractivity contribution is -0.134. The van der Waals surface area contributed by atoms with Crippen LogP contribution >= 0.6 is 0 Å². The average molecular weight is 322 g/mol. The number of hydrogen-bond acceptors (Lipinski definition) is 4. The molecule has 1 aromatic heterocycles. The number of rotatable bonds is 3. The third-order valence-corrected chi connectivity index (χ3v) is 3.82. The molecule has 122 valence electrons. The lowest BCUT2D eigenvalue weighted by Crippen LogP contribution is -2.15. The lowest BCUT2D eigenvalue weighted by atomic mass is 10.1. The molecule has 0 aliphatic carbocycles. The Balaban J connectivity index is 2.31. The van der Waals surface area contributed by atoms with Crippen molar-refractivity contribution in [2.75, 3.05) is 0 Å². The van der Waals surface area contributed by atoms with E-state index in [0.717, 1.165) is 11.1 Å². The van der Waals surface area contributed by atoms with Gasteiger partial charge in [0.05, 0.1) is 5.39 Å². The van der Waals surface area contributed by atoms with Crippen LogP contribution in [0, 0.1) is 13.8 Å². The summed E-state index contributed by atoms with van der Waals surface area (Å²) in [5, 5.41) is 0.398. The van der Waals surface area contributed by atoms with Crippen LogP contribution < -0.4 is 10.2 Å². The van der Waals surface area contributed by atoms with E-state index < -0.39 is 5.97 Å². The van der Waals surface area contributed by atoms with Gasteiger partial charge in [0.1, 0.15) is 5.58 Å². The largest absolute Gasteiger partial charge is 0.452 e. The summed E-state index contributed by atoms with van der Waals surface area (Å²) in [6.07, 6.45) is 0.179. The molecule has 0 fully saturated rings. The monoisotopic (exact) mass is 322 g/mol. The van der Waals surface area contributed by atoms with E-state index in [0.29, 0.717) is 16.5 Å². The van der Waals surface area contributed by atoms with E-state index in [4.69, 9.17) is 9.15 Å². The molecular weight excluding hydrogens is 304 g/mol. The molecule has 0 N–H and O–H groups in total. The number of aryl methyl sites for hydroxylation is 2. The molecule has 4 nitrogen and oxygen atoms in total. The molecule has 0 saturated carbocycles. The van der Waals surface area contributed by atoms with Gasteiger partial charge in [-0.05, 0) is 31.5 Å². The van der Waals surface area contributed by atoms with Gasteiger partial charge >= 0.3 is 5.97 Å². The maximum atomic E-state index is 12.8. The van der Waals surface area contributed by atoms with Crippen molar-refractivity contribution in [2.45, 2.75) is 27.2 Å². The second kappa shape index (κ2) is 6.32. The number of carbonyl (C=O) groups excluding carboxylic acids is 1. The Bertz CT molecular complexity index is 965. The zero-order valence-corrected chi connectivity index (χ0v) is 13.9. The summed E-state index contributed by atoms with van der Waals surface area (Å²) in [5.74, 6) is -0.246. The van der Waals surface area contributed by atoms with Crippen molar-refractivity contribution < 1.29 is 13.9 Å². The Morgan fingerprint density at radius 2 is 1.71 bits per heavy atom. The fraction of sp³-hybridized carbons (Fsp3) is 0.200. The standard InChI is InChI=1S/C20H18O4/c1-4-17(21)24-20-18(22)15-10-7-13(3)11-16(15)23-19(20)14-8-5-12(2)6-9-14/h5-11H,4H2,1-3H3. The molecule has 0 amide bonds. The van der Waals surface area contributed by atoms with Gasteiger partial charge in [0.25, 0.3) is 0 Å². The number of ether oxygens (including phenoxy) is 1. The van der Waals surface area contributed by atoms with E-state index in [1.54, 1.807) is 19.1 Å². The quantitative estimate of drug-likeness (QED) is 0.671. The summed E-state index contributed by atoms with van der Waals surface area (Å²) >= 11 is 0. The van der Waals surface area contributed by atoms with Crippen molar-refractivity contribution in [1.82, 2.24) is 0 Å². The number of esters is 1. The van der Waals surface area contributed by atoms with Gasteiger partial charge in [-0.3, -0.25) is 9.59 Å². The van der Waals surface area contributed by atoms with Crippen LogP contribution in [0.15, 0.2) is 51.7 Å². The van der Waals surface area contributed by atoms with Gasteiger partial charge in [-0.15, -0.1) is 0 Å². The maximum absolute atomic E-state index is 12.8. The summed E-state index contributed by atoms with van der Waals surface area (Å²) in [4.78, 5) is 24.6. The predicted octanol–water partition coefficient (Wildman–Crippen LogP) is 4.39. The lowest BCUT2D eigenvalue weighted by Gasteiger charge is -2.10. The fourth-order valence-corrected chi connectivity index (χ4v) is 2.46. The third kappa shape index (κ3) is 2.95. The maximum Gasteiger partial charge on any atom is 0.311 e. The van der Waals surface area contributed by atoms with Crippen LogP contribution in [-0.4, -0.2) is 5.97 Å². The van der Waals surface area contributed by atoms with Gasteiger partial charge in [-0.25, -0.2) is 0 Å². The second-order valence-electron chi connectivity index (χ2n) is 5.78. The van der Waals surface area contributed by atoms with E-state index in [2.05, 4.69) is 0 Å². The highest BCUT2D eigenvalue weighted by Crippen LogP contribution is 2.31. The third-order valence-electron chi connectivity index (χ3n) is 3.82. The highest BCUT2D eigenvalue weighted by molar-refractivity contribution is 5.84. The van der Waals surface area contributed by atoms with Gasteiger partial charge < -0.3 is 9.15 Å². The van der Waals surface area contributed by atoms with Gasteiger partial charge in [0, 0.05) is 12.0 Å². The first kappa shape index (κ1) is 16.0. The highest BCUT2D eigenvalue weighted by atomic mass is 16.5. The van der Waals surface area contributed by atoms with E-state index >= 15 is 0 Å². The van der Waals surface area contributed by atoms with Crippen LogP contribution in [-0.2, 0) is 4.79 Å². The summed E-state index contributed by atoms with van der Waals surface area (Å²) in [6, 6.07) is 12.9. The fourth-order valence-electron chi connectivity index (χ4n) is 2.46. The topological polar surface area (TPSA) is 56.5 Å². The first-order valence-electron chi connectivity index (χ1n) is 7.84. The van der Waals surface area contributed by atoms with Gasteiger partial charge in [0.2, 0.25) is 11.2 Å². The van der Waals surface area contributed by atoms with Gasteiger partial charge in [0.15, 0.2) is 5.76 Å². The van der Waals surface area contributed by atoms with E-state index in [-0.39, 0.29) is 23.4 Å². The minimum atomic E-state index is -0.470. The van der Waals surface area contributed by atoms with Crippen molar-refractivity contribution in [3.63, 3.8) is 0 Å². The molecule has 4 heteroatoms. The van der Waals surface area contributed by atoms with Gasteiger partial charge in [-0.2, -0.15) is 0 Å². The average Bonchev–Trinajstić information content (AvgIpc) is 2.57. The summed E-state index contributed by atoms with van der Waals surface area (Å²) in [6.45, 7) is 5.58. The Morgan fingerprint density at radius 3 is 2.38 bits per heavy atom. The molecule has 3 aromatic rings.